The summed E-state index contributed by atoms with van der Waals surface area (Å²) in [5, 5.41) is 0. The fourth-order valence-corrected chi connectivity index (χ4v) is 2.11. The second-order valence-corrected chi connectivity index (χ2v) is 3.89. The van der Waals surface area contributed by atoms with E-state index in [9.17, 15) is 4.39 Å². The zero-order chi connectivity index (χ0) is 9.97. The van der Waals surface area contributed by atoms with Crippen molar-refractivity contribution in [2.45, 2.75) is 31.7 Å². The lowest BCUT2D eigenvalue weighted by molar-refractivity contribution is 0.580. The molecule has 0 aromatic carbocycles. The van der Waals surface area contributed by atoms with Crippen LogP contribution in [0.1, 0.15) is 25.7 Å². The van der Waals surface area contributed by atoms with E-state index in [1.54, 1.807) is 0 Å². The van der Waals surface area contributed by atoms with Crippen molar-refractivity contribution in [3.8, 4) is 0 Å². The van der Waals surface area contributed by atoms with E-state index in [1.165, 1.54) is 37.9 Å². The highest BCUT2D eigenvalue weighted by atomic mass is 19.1. The molecule has 0 atom stereocenters. The number of pyridine rings is 1. The zero-order valence-electron chi connectivity index (χ0n) is 8.41. The molecule has 1 fully saturated rings. The van der Waals surface area contributed by atoms with Crippen molar-refractivity contribution in [2.24, 2.45) is 0 Å². The van der Waals surface area contributed by atoms with E-state index in [0.717, 1.165) is 5.69 Å². The van der Waals surface area contributed by atoms with Crippen LogP contribution in [0.25, 0.3) is 0 Å². The predicted molar refractivity (Wildman–Crippen MR) is 54.9 cm³/mol. The summed E-state index contributed by atoms with van der Waals surface area (Å²) < 4.78 is 12.9. The van der Waals surface area contributed by atoms with Crippen molar-refractivity contribution in [2.75, 3.05) is 11.9 Å². The quantitative estimate of drug-likeness (QED) is 0.673. The third-order valence-electron chi connectivity index (χ3n) is 2.99. The molecule has 0 unspecified atom stereocenters. The molecule has 2 rings (SSSR count). The van der Waals surface area contributed by atoms with Gasteiger partial charge in [-0.15, -0.1) is 0 Å². The molecule has 0 aliphatic heterocycles. The van der Waals surface area contributed by atoms with Gasteiger partial charge in [0.05, 0.1) is 0 Å². The molecule has 14 heavy (non-hydrogen) atoms. The Morgan fingerprint density at radius 3 is 2.79 bits per heavy atom. The van der Waals surface area contributed by atoms with Crippen LogP contribution in [-0.4, -0.2) is 18.1 Å². The number of halogens is 1. The largest absolute Gasteiger partial charge is 0.371 e. The molecule has 1 heterocycles. The fraction of sp³-hybridized carbons (Fsp3) is 0.545. The van der Waals surface area contributed by atoms with Gasteiger partial charge in [0.15, 0.2) is 0 Å². The van der Waals surface area contributed by atoms with Crippen LogP contribution in [0.3, 0.4) is 0 Å². The van der Waals surface area contributed by atoms with E-state index in [-0.39, 0.29) is 0 Å². The molecule has 76 valence electrons. The molecule has 1 aromatic rings. The third-order valence-corrected chi connectivity index (χ3v) is 2.99. The number of anilines is 1. The molecular formula is C11H15FN2. The second-order valence-electron chi connectivity index (χ2n) is 3.89. The lowest BCUT2D eigenvalue weighted by Gasteiger charge is -2.26. The van der Waals surface area contributed by atoms with Gasteiger partial charge in [-0.05, 0) is 18.9 Å². The Morgan fingerprint density at radius 1 is 1.43 bits per heavy atom. The average Bonchev–Trinajstić information content (AvgIpc) is 2.69. The Balaban J connectivity index is 2.13. The van der Waals surface area contributed by atoms with Crippen LogP contribution in [0.4, 0.5) is 10.1 Å². The van der Waals surface area contributed by atoms with Crippen LogP contribution in [0.5, 0.6) is 0 Å². The Labute approximate surface area is 83.8 Å². The van der Waals surface area contributed by atoms with Crippen LogP contribution < -0.4 is 4.90 Å². The summed E-state index contributed by atoms with van der Waals surface area (Å²) in [6.45, 7) is 0. The molecule has 1 aliphatic carbocycles. The highest BCUT2D eigenvalue weighted by Crippen LogP contribution is 2.26. The number of rotatable bonds is 2. The smallest absolute Gasteiger partial charge is 0.214 e. The van der Waals surface area contributed by atoms with Gasteiger partial charge in [-0.2, -0.15) is 4.39 Å². The van der Waals surface area contributed by atoms with Gasteiger partial charge in [0, 0.05) is 31.0 Å². The molecule has 1 aromatic heterocycles. The number of hydrogen-bond acceptors (Lipinski definition) is 2. The van der Waals surface area contributed by atoms with E-state index in [1.807, 2.05) is 13.1 Å². The van der Waals surface area contributed by atoms with E-state index in [4.69, 9.17) is 0 Å². The van der Waals surface area contributed by atoms with Gasteiger partial charge in [-0.1, -0.05) is 12.8 Å². The highest BCUT2D eigenvalue weighted by molar-refractivity contribution is 5.45. The summed E-state index contributed by atoms with van der Waals surface area (Å²) in [6.07, 6.45) is 6.56. The lowest BCUT2D eigenvalue weighted by atomic mass is 10.2. The van der Waals surface area contributed by atoms with Crippen LogP contribution >= 0.6 is 0 Å². The first-order valence-electron chi connectivity index (χ1n) is 5.12. The van der Waals surface area contributed by atoms with Crippen molar-refractivity contribution >= 4 is 5.69 Å². The number of nitrogens with zero attached hydrogens (tertiary/aromatic N) is 2. The minimum absolute atomic E-state index is 0.396. The Bertz CT molecular complexity index is 308. The van der Waals surface area contributed by atoms with Gasteiger partial charge in [-0.25, -0.2) is 4.98 Å². The number of aromatic nitrogens is 1. The summed E-state index contributed by atoms with van der Waals surface area (Å²) in [4.78, 5) is 5.72. The van der Waals surface area contributed by atoms with Crippen LogP contribution in [0.2, 0.25) is 0 Å². The molecule has 3 heteroatoms. The predicted octanol–water partition coefficient (Wildman–Crippen LogP) is 2.60. The molecular weight excluding hydrogens is 179 g/mol. The highest BCUT2D eigenvalue weighted by Gasteiger charge is 2.19. The third kappa shape index (κ3) is 1.86. The van der Waals surface area contributed by atoms with Crippen molar-refractivity contribution in [1.29, 1.82) is 0 Å². The van der Waals surface area contributed by atoms with Gasteiger partial charge in [0.2, 0.25) is 5.95 Å². The Morgan fingerprint density at radius 2 is 2.14 bits per heavy atom. The summed E-state index contributed by atoms with van der Waals surface area (Å²) in [7, 11) is 2.03. The summed E-state index contributed by atoms with van der Waals surface area (Å²) >= 11 is 0. The maximum absolute atomic E-state index is 12.9. The van der Waals surface area contributed by atoms with Gasteiger partial charge >= 0.3 is 0 Å². The molecule has 0 saturated heterocycles. The lowest BCUT2D eigenvalue weighted by Crippen LogP contribution is -2.28. The monoisotopic (exact) mass is 194 g/mol. The summed E-state index contributed by atoms with van der Waals surface area (Å²) in [5.74, 6) is -0.396. The van der Waals surface area contributed by atoms with E-state index < -0.39 is 5.95 Å². The van der Waals surface area contributed by atoms with Gasteiger partial charge in [0.25, 0.3) is 0 Å². The first kappa shape index (κ1) is 9.44. The van der Waals surface area contributed by atoms with Gasteiger partial charge in [0.1, 0.15) is 0 Å². The van der Waals surface area contributed by atoms with Crippen molar-refractivity contribution < 1.29 is 4.39 Å². The summed E-state index contributed by atoms with van der Waals surface area (Å²) in [6, 6.07) is 3.94. The van der Waals surface area contributed by atoms with Crippen molar-refractivity contribution in [3.63, 3.8) is 0 Å². The second kappa shape index (κ2) is 3.95. The van der Waals surface area contributed by atoms with E-state index in [0.29, 0.717) is 6.04 Å². The van der Waals surface area contributed by atoms with Gasteiger partial charge in [-0.3, -0.25) is 0 Å². The molecule has 0 N–H and O–H groups in total. The minimum Gasteiger partial charge on any atom is -0.371 e. The SMILES string of the molecule is CN(c1ccnc(F)c1)C1CCCC1. The Kier molecular flexibility index (Phi) is 2.66. The Hall–Kier alpha value is -1.12. The standard InChI is InChI=1S/C11H15FN2/c1-14(9-4-2-3-5-9)10-6-7-13-11(12)8-10/h6-9H,2-5H2,1H3. The van der Waals surface area contributed by atoms with E-state index >= 15 is 0 Å². The fourth-order valence-electron chi connectivity index (χ4n) is 2.11. The molecule has 0 spiro atoms. The van der Waals surface area contributed by atoms with Crippen molar-refractivity contribution in [3.05, 3.63) is 24.3 Å². The number of hydrogen-bond donors (Lipinski definition) is 0. The topological polar surface area (TPSA) is 16.1 Å². The van der Waals surface area contributed by atoms with Gasteiger partial charge < -0.3 is 4.90 Å². The minimum atomic E-state index is -0.396. The van der Waals surface area contributed by atoms with Crippen LogP contribution in [0.15, 0.2) is 18.3 Å². The van der Waals surface area contributed by atoms with Crippen LogP contribution in [0, 0.1) is 5.95 Å². The van der Waals surface area contributed by atoms with Crippen molar-refractivity contribution in [1.82, 2.24) is 4.98 Å². The molecule has 2 nitrogen and oxygen atoms in total. The first-order valence-corrected chi connectivity index (χ1v) is 5.12. The average molecular weight is 194 g/mol. The molecule has 0 bridgehead atoms. The maximum Gasteiger partial charge on any atom is 0.214 e. The van der Waals surface area contributed by atoms with E-state index in [2.05, 4.69) is 9.88 Å². The maximum atomic E-state index is 12.9. The zero-order valence-corrected chi connectivity index (χ0v) is 8.41. The first-order chi connectivity index (χ1) is 6.77. The normalized spacial score (nSPS) is 17.3. The summed E-state index contributed by atoms with van der Waals surface area (Å²) in [5.41, 5.74) is 0.935. The van der Waals surface area contributed by atoms with Crippen LogP contribution in [-0.2, 0) is 0 Å². The molecule has 1 aliphatic rings. The molecule has 0 amide bonds. The molecule has 0 radical (unpaired) electrons. The molecule has 1 saturated carbocycles.